The molecule has 0 radical (unpaired) electrons. The number of rotatable bonds is 3. The van der Waals surface area contributed by atoms with E-state index in [-0.39, 0.29) is 23.2 Å². The zero-order chi connectivity index (χ0) is 17.3. The van der Waals surface area contributed by atoms with Gasteiger partial charge in [0.15, 0.2) is 0 Å². The number of phenolic OH excluding ortho intramolecular Hbond substituents is 3. The molecule has 122 valence electrons. The molecular formula is C21H20O3. The van der Waals surface area contributed by atoms with Crippen LogP contribution in [-0.4, -0.2) is 15.3 Å². The quantitative estimate of drug-likeness (QED) is 0.617. The third kappa shape index (κ3) is 2.93. The van der Waals surface area contributed by atoms with Gasteiger partial charge in [0.05, 0.1) is 0 Å². The molecule has 0 aliphatic carbocycles. The van der Waals surface area contributed by atoms with Crippen LogP contribution < -0.4 is 0 Å². The Morgan fingerprint density at radius 3 is 1.62 bits per heavy atom. The normalized spacial score (nSPS) is 11.0. The maximum atomic E-state index is 10.5. The Labute approximate surface area is 141 Å². The van der Waals surface area contributed by atoms with Crippen molar-refractivity contribution in [2.24, 2.45) is 0 Å². The van der Waals surface area contributed by atoms with Crippen molar-refractivity contribution in [1.82, 2.24) is 0 Å². The van der Waals surface area contributed by atoms with Crippen molar-refractivity contribution in [3.8, 4) is 39.5 Å². The summed E-state index contributed by atoms with van der Waals surface area (Å²) in [7, 11) is 0. The van der Waals surface area contributed by atoms with Crippen LogP contribution in [0, 0.1) is 0 Å². The van der Waals surface area contributed by atoms with Gasteiger partial charge in [-0.25, -0.2) is 0 Å². The van der Waals surface area contributed by atoms with Gasteiger partial charge in [0.25, 0.3) is 0 Å². The van der Waals surface area contributed by atoms with Crippen LogP contribution in [0.4, 0.5) is 0 Å². The first-order valence-corrected chi connectivity index (χ1v) is 7.92. The average molecular weight is 320 g/mol. The maximum absolute atomic E-state index is 10.5. The number of hydrogen-bond acceptors (Lipinski definition) is 3. The molecule has 0 aliphatic rings. The molecule has 0 fully saturated rings. The van der Waals surface area contributed by atoms with Crippen molar-refractivity contribution in [3.63, 3.8) is 0 Å². The fourth-order valence-electron chi connectivity index (χ4n) is 3.03. The predicted molar refractivity (Wildman–Crippen MR) is 96.4 cm³/mol. The highest BCUT2D eigenvalue weighted by molar-refractivity contribution is 5.83. The number of benzene rings is 3. The van der Waals surface area contributed by atoms with Crippen molar-refractivity contribution in [2.75, 3.05) is 0 Å². The van der Waals surface area contributed by atoms with E-state index in [1.807, 2.05) is 18.2 Å². The van der Waals surface area contributed by atoms with Crippen LogP contribution in [0.15, 0.2) is 60.7 Å². The van der Waals surface area contributed by atoms with Gasteiger partial charge in [0.1, 0.15) is 17.2 Å². The summed E-state index contributed by atoms with van der Waals surface area (Å²) in [6.45, 7) is 4.17. The molecule has 3 nitrogen and oxygen atoms in total. The first-order chi connectivity index (χ1) is 11.5. The molecule has 3 rings (SSSR count). The van der Waals surface area contributed by atoms with Crippen LogP contribution in [0.3, 0.4) is 0 Å². The monoisotopic (exact) mass is 320 g/mol. The van der Waals surface area contributed by atoms with Crippen molar-refractivity contribution in [1.29, 1.82) is 0 Å². The summed E-state index contributed by atoms with van der Waals surface area (Å²) in [4.78, 5) is 0. The molecule has 0 spiro atoms. The Morgan fingerprint density at radius 1 is 0.625 bits per heavy atom. The van der Waals surface area contributed by atoms with Crippen LogP contribution in [0.1, 0.15) is 25.3 Å². The number of aromatic hydroxyl groups is 3. The summed E-state index contributed by atoms with van der Waals surface area (Å²) in [6, 6.07) is 17.5. The lowest BCUT2D eigenvalue weighted by atomic mass is 9.85. The molecule has 0 bridgehead atoms. The first kappa shape index (κ1) is 15.9. The molecule has 3 aromatic carbocycles. The van der Waals surface area contributed by atoms with E-state index in [2.05, 4.69) is 13.8 Å². The molecular weight excluding hydrogens is 300 g/mol. The summed E-state index contributed by atoms with van der Waals surface area (Å²) >= 11 is 0. The van der Waals surface area contributed by atoms with E-state index < -0.39 is 0 Å². The smallest absolute Gasteiger partial charge is 0.123 e. The van der Waals surface area contributed by atoms with Gasteiger partial charge in [-0.2, -0.15) is 0 Å². The fraction of sp³-hybridized carbons (Fsp3) is 0.143. The second-order valence-corrected chi connectivity index (χ2v) is 6.17. The SMILES string of the molecule is CC(C)c1c(-c2ccc(O)cc2)ccc(O)c1-c1ccc(O)cc1. The lowest BCUT2D eigenvalue weighted by Gasteiger charge is -2.20. The molecule has 0 saturated heterocycles. The standard InChI is InChI=1S/C21H20O3/c1-13(2)20-18(14-3-7-16(22)8-4-14)11-12-19(24)21(20)15-5-9-17(23)10-6-15/h3-13,22-24H,1-2H3. The molecule has 3 N–H and O–H groups in total. The Hall–Kier alpha value is -2.94. The highest BCUT2D eigenvalue weighted by Gasteiger charge is 2.18. The van der Waals surface area contributed by atoms with Gasteiger partial charge in [-0.05, 0) is 58.5 Å². The summed E-state index contributed by atoms with van der Waals surface area (Å²) in [6.07, 6.45) is 0. The molecule has 0 unspecified atom stereocenters. The van der Waals surface area contributed by atoms with E-state index in [0.29, 0.717) is 0 Å². The van der Waals surface area contributed by atoms with Crippen LogP contribution in [0.2, 0.25) is 0 Å². The molecule has 0 heterocycles. The Morgan fingerprint density at radius 2 is 1.12 bits per heavy atom. The van der Waals surface area contributed by atoms with E-state index in [4.69, 9.17) is 0 Å². The lowest BCUT2D eigenvalue weighted by molar-refractivity contribution is 0.474. The van der Waals surface area contributed by atoms with Gasteiger partial charge in [-0.15, -0.1) is 0 Å². The maximum Gasteiger partial charge on any atom is 0.123 e. The van der Waals surface area contributed by atoms with Gasteiger partial charge in [-0.3, -0.25) is 0 Å². The van der Waals surface area contributed by atoms with Crippen LogP contribution >= 0.6 is 0 Å². The third-order valence-electron chi connectivity index (χ3n) is 4.14. The molecule has 0 amide bonds. The van der Waals surface area contributed by atoms with Crippen molar-refractivity contribution in [2.45, 2.75) is 19.8 Å². The van der Waals surface area contributed by atoms with Gasteiger partial charge in [0.2, 0.25) is 0 Å². The van der Waals surface area contributed by atoms with Gasteiger partial charge in [0, 0.05) is 5.56 Å². The molecule has 0 atom stereocenters. The van der Waals surface area contributed by atoms with E-state index >= 15 is 0 Å². The van der Waals surface area contributed by atoms with Crippen LogP contribution in [0.25, 0.3) is 22.3 Å². The molecule has 0 saturated carbocycles. The average Bonchev–Trinajstić information content (AvgIpc) is 2.56. The molecule has 3 aromatic rings. The van der Waals surface area contributed by atoms with Crippen LogP contribution in [-0.2, 0) is 0 Å². The zero-order valence-electron chi connectivity index (χ0n) is 13.7. The summed E-state index contributed by atoms with van der Waals surface area (Å²) in [5.74, 6) is 0.818. The molecule has 3 heteroatoms. The minimum Gasteiger partial charge on any atom is -0.508 e. The number of phenols is 3. The minimum atomic E-state index is 0.185. The zero-order valence-corrected chi connectivity index (χ0v) is 13.7. The topological polar surface area (TPSA) is 60.7 Å². The highest BCUT2D eigenvalue weighted by Crippen LogP contribution is 2.42. The summed E-state index contributed by atoms with van der Waals surface area (Å²) in [5, 5.41) is 29.5. The second-order valence-electron chi connectivity index (χ2n) is 6.17. The minimum absolute atomic E-state index is 0.185. The van der Waals surface area contributed by atoms with Gasteiger partial charge >= 0.3 is 0 Å². The first-order valence-electron chi connectivity index (χ1n) is 7.92. The van der Waals surface area contributed by atoms with Crippen molar-refractivity contribution in [3.05, 3.63) is 66.2 Å². The van der Waals surface area contributed by atoms with Crippen molar-refractivity contribution < 1.29 is 15.3 Å². The molecule has 0 aromatic heterocycles. The van der Waals surface area contributed by atoms with Crippen LogP contribution in [0.5, 0.6) is 17.2 Å². The van der Waals surface area contributed by atoms with Gasteiger partial charge in [-0.1, -0.05) is 44.2 Å². The highest BCUT2D eigenvalue weighted by atomic mass is 16.3. The lowest BCUT2D eigenvalue weighted by Crippen LogP contribution is -1.97. The summed E-state index contributed by atoms with van der Waals surface area (Å²) < 4.78 is 0. The van der Waals surface area contributed by atoms with E-state index in [1.165, 1.54) is 0 Å². The van der Waals surface area contributed by atoms with E-state index in [9.17, 15) is 15.3 Å². The van der Waals surface area contributed by atoms with Crippen molar-refractivity contribution >= 4 is 0 Å². The fourth-order valence-corrected chi connectivity index (χ4v) is 3.03. The molecule has 0 aliphatic heterocycles. The predicted octanol–water partition coefficient (Wildman–Crippen LogP) is 5.26. The Bertz CT molecular complexity index is 848. The number of hydrogen-bond donors (Lipinski definition) is 3. The van der Waals surface area contributed by atoms with E-state index in [1.54, 1.807) is 42.5 Å². The largest absolute Gasteiger partial charge is 0.508 e. The Kier molecular flexibility index (Phi) is 4.17. The third-order valence-corrected chi connectivity index (χ3v) is 4.14. The molecule has 24 heavy (non-hydrogen) atoms. The Balaban J connectivity index is 2.27. The summed E-state index contributed by atoms with van der Waals surface area (Å²) in [5.41, 5.74) is 4.67. The second kappa shape index (κ2) is 6.28. The van der Waals surface area contributed by atoms with Gasteiger partial charge < -0.3 is 15.3 Å². The van der Waals surface area contributed by atoms with E-state index in [0.717, 1.165) is 27.8 Å².